The number of aromatic nitrogens is 1. The number of allylic oxidation sites excluding steroid dienone is 6. The van der Waals surface area contributed by atoms with Crippen LogP contribution in [0, 0.1) is 5.92 Å². The molecule has 0 saturated heterocycles. The molecule has 6 rings (SSSR count). The summed E-state index contributed by atoms with van der Waals surface area (Å²) in [5, 5.41) is 3.67. The second kappa shape index (κ2) is 10.1. The first-order valence-electron chi connectivity index (χ1n) is 13.3. The third-order valence-corrected chi connectivity index (χ3v) is 7.47. The Morgan fingerprint density at radius 1 is 0.526 bits per heavy atom. The maximum absolute atomic E-state index is 5.16. The average Bonchev–Trinajstić information content (AvgIpc) is 2.97. The molecular weight excluding hydrogens is 458 g/mol. The van der Waals surface area contributed by atoms with Gasteiger partial charge in [-0.05, 0) is 76.1 Å². The zero-order valence-electron chi connectivity index (χ0n) is 22.1. The van der Waals surface area contributed by atoms with Gasteiger partial charge < -0.3 is 0 Å². The number of hydrogen-bond acceptors (Lipinski definition) is 1. The van der Waals surface area contributed by atoms with Crippen LogP contribution >= 0.6 is 0 Å². The molecule has 1 atom stereocenters. The van der Waals surface area contributed by atoms with Gasteiger partial charge in [0.1, 0.15) is 0 Å². The van der Waals surface area contributed by atoms with Crippen LogP contribution < -0.4 is 0 Å². The summed E-state index contributed by atoms with van der Waals surface area (Å²) in [5.74, 6) is 0.306. The zero-order chi connectivity index (χ0) is 26.1. The van der Waals surface area contributed by atoms with Gasteiger partial charge in [0.05, 0.1) is 11.2 Å². The number of rotatable bonds is 2. The van der Waals surface area contributed by atoms with Crippen LogP contribution in [0.3, 0.4) is 0 Å². The van der Waals surface area contributed by atoms with Crippen LogP contribution in [-0.4, -0.2) is 4.98 Å². The van der Waals surface area contributed by atoms with Gasteiger partial charge >= 0.3 is 0 Å². The molecule has 0 amide bonds. The molecule has 0 saturated carbocycles. The van der Waals surface area contributed by atoms with Gasteiger partial charge in [0.15, 0.2) is 0 Å². The van der Waals surface area contributed by atoms with Gasteiger partial charge in [-0.2, -0.15) is 0 Å². The van der Waals surface area contributed by atoms with E-state index < -0.39 is 0 Å². The maximum atomic E-state index is 5.16. The molecule has 0 fully saturated rings. The Kier molecular flexibility index (Phi) is 6.35. The standard InChI is InChI=1S/C37H31N/c1-25-19-21-26(2)36(31-17-10-13-28-11-4-6-14-30(28)31)32-15-7-8-16-33(32)37(27(3)22-20-25)35-24-23-29-12-5-9-18-34(29)38-35/h4-25H,1-3H3/b21-19-,22-20?,36-26+,37-27?. The molecular formula is C37H31N. The molecule has 1 heterocycles. The fraction of sp³-hybridized carbons (Fsp3) is 0.108. The molecule has 0 spiro atoms. The molecule has 1 aliphatic carbocycles. The van der Waals surface area contributed by atoms with Crippen molar-refractivity contribution in [3.8, 4) is 0 Å². The molecule has 0 aliphatic heterocycles. The summed E-state index contributed by atoms with van der Waals surface area (Å²) in [6, 6.07) is 36.8. The monoisotopic (exact) mass is 489 g/mol. The normalized spacial score (nSPS) is 18.9. The Balaban J connectivity index is 1.69. The lowest BCUT2D eigenvalue weighted by Gasteiger charge is -2.20. The van der Waals surface area contributed by atoms with E-state index in [1.165, 1.54) is 49.8 Å². The van der Waals surface area contributed by atoms with Crippen LogP contribution in [0.25, 0.3) is 32.8 Å². The highest BCUT2D eigenvalue weighted by Crippen LogP contribution is 2.39. The largest absolute Gasteiger partial charge is 0.248 e. The quantitative estimate of drug-likeness (QED) is 0.240. The number of para-hydroxylation sites is 1. The van der Waals surface area contributed by atoms with E-state index in [-0.39, 0.29) is 0 Å². The minimum atomic E-state index is 0.306. The van der Waals surface area contributed by atoms with Gasteiger partial charge in [0.2, 0.25) is 0 Å². The Hall–Kier alpha value is -4.49. The Morgan fingerprint density at radius 3 is 1.89 bits per heavy atom. The van der Waals surface area contributed by atoms with Crippen LogP contribution in [-0.2, 0) is 0 Å². The number of nitrogens with zero attached hydrogens (tertiary/aromatic N) is 1. The second-order valence-electron chi connectivity index (χ2n) is 10.2. The fourth-order valence-electron chi connectivity index (χ4n) is 5.51. The summed E-state index contributed by atoms with van der Waals surface area (Å²) in [7, 11) is 0. The SMILES string of the molecule is CC1=C(c2ccc3ccccc3n2)c2ccccc2/C(c2cccc3ccccc23)=C(C)/C=C\C(C)C=C1. The van der Waals surface area contributed by atoms with Crippen LogP contribution in [0.4, 0.5) is 0 Å². The first kappa shape index (κ1) is 23.9. The van der Waals surface area contributed by atoms with Crippen molar-refractivity contribution in [3.05, 3.63) is 161 Å². The third kappa shape index (κ3) is 4.41. The van der Waals surface area contributed by atoms with Crippen LogP contribution in [0.15, 0.2) is 139 Å². The maximum Gasteiger partial charge on any atom is 0.0718 e. The van der Waals surface area contributed by atoms with Gasteiger partial charge in [0, 0.05) is 11.0 Å². The van der Waals surface area contributed by atoms with E-state index in [0.29, 0.717) is 5.92 Å². The van der Waals surface area contributed by atoms with Crippen molar-refractivity contribution in [2.24, 2.45) is 5.92 Å². The summed E-state index contributed by atoms with van der Waals surface area (Å²) in [4.78, 5) is 5.16. The molecule has 0 radical (unpaired) electrons. The molecule has 1 aromatic heterocycles. The number of fused-ring (bicyclic) bond motifs is 3. The summed E-state index contributed by atoms with van der Waals surface area (Å²) in [6.45, 7) is 6.69. The Morgan fingerprint density at radius 2 is 1.11 bits per heavy atom. The van der Waals surface area contributed by atoms with Crippen molar-refractivity contribution >= 4 is 32.8 Å². The van der Waals surface area contributed by atoms with Crippen molar-refractivity contribution in [1.29, 1.82) is 0 Å². The van der Waals surface area contributed by atoms with E-state index in [2.05, 4.69) is 148 Å². The summed E-state index contributed by atoms with van der Waals surface area (Å²) < 4.78 is 0. The molecule has 5 aromatic rings. The highest BCUT2D eigenvalue weighted by atomic mass is 14.7. The van der Waals surface area contributed by atoms with Crippen LogP contribution in [0.5, 0.6) is 0 Å². The topological polar surface area (TPSA) is 12.9 Å². The molecule has 38 heavy (non-hydrogen) atoms. The minimum Gasteiger partial charge on any atom is -0.248 e. The first-order chi connectivity index (χ1) is 18.6. The zero-order valence-corrected chi connectivity index (χ0v) is 22.1. The predicted molar refractivity (Wildman–Crippen MR) is 163 cm³/mol. The van der Waals surface area contributed by atoms with Crippen molar-refractivity contribution < 1.29 is 0 Å². The van der Waals surface area contributed by atoms with Gasteiger partial charge in [-0.3, -0.25) is 0 Å². The number of benzene rings is 4. The average molecular weight is 490 g/mol. The summed E-state index contributed by atoms with van der Waals surface area (Å²) in [5.41, 5.74) is 10.6. The lowest BCUT2D eigenvalue weighted by molar-refractivity contribution is 0.937. The van der Waals surface area contributed by atoms with E-state index in [0.717, 1.165) is 16.6 Å². The molecule has 1 nitrogen and oxygen atoms in total. The molecule has 184 valence electrons. The summed E-state index contributed by atoms with van der Waals surface area (Å²) >= 11 is 0. The van der Waals surface area contributed by atoms with Crippen molar-refractivity contribution in [1.82, 2.24) is 4.98 Å². The second-order valence-corrected chi connectivity index (χ2v) is 10.2. The fourth-order valence-corrected chi connectivity index (χ4v) is 5.51. The number of hydrogen-bond donors (Lipinski definition) is 0. The molecule has 0 N–H and O–H groups in total. The molecule has 4 aromatic carbocycles. The Bertz CT molecular complexity index is 1790. The van der Waals surface area contributed by atoms with Crippen LogP contribution in [0.1, 0.15) is 43.2 Å². The van der Waals surface area contributed by atoms with Gasteiger partial charge in [0.25, 0.3) is 0 Å². The number of pyridine rings is 1. The van der Waals surface area contributed by atoms with Gasteiger partial charge in [-0.25, -0.2) is 4.98 Å². The van der Waals surface area contributed by atoms with Crippen molar-refractivity contribution in [3.63, 3.8) is 0 Å². The van der Waals surface area contributed by atoms with E-state index in [1.807, 2.05) is 0 Å². The molecule has 1 heteroatoms. The molecule has 0 bridgehead atoms. The molecule has 1 unspecified atom stereocenters. The third-order valence-electron chi connectivity index (χ3n) is 7.47. The van der Waals surface area contributed by atoms with E-state index >= 15 is 0 Å². The van der Waals surface area contributed by atoms with Crippen molar-refractivity contribution in [2.75, 3.05) is 0 Å². The smallest absolute Gasteiger partial charge is 0.0718 e. The van der Waals surface area contributed by atoms with E-state index in [9.17, 15) is 0 Å². The lowest BCUT2D eigenvalue weighted by atomic mass is 9.84. The first-order valence-corrected chi connectivity index (χ1v) is 13.3. The highest BCUT2D eigenvalue weighted by Gasteiger charge is 2.20. The lowest BCUT2D eigenvalue weighted by Crippen LogP contribution is -2.02. The van der Waals surface area contributed by atoms with Crippen molar-refractivity contribution in [2.45, 2.75) is 20.8 Å². The minimum absolute atomic E-state index is 0.306. The van der Waals surface area contributed by atoms with Gasteiger partial charge in [-0.1, -0.05) is 122 Å². The van der Waals surface area contributed by atoms with Gasteiger partial charge in [-0.15, -0.1) is 0 Å². The van der Waals surface area contributed by atoms with E-state index in [4.69, 9.17) is 4.98 Å². The highest BCUT2D eigenvalue weighted by molar-refractivity contribution is 6.02. The Labute approximate surface area is 225 Å². The molecule has 1 aliphatic rings. The van der Waals surface area contributed by atoms with Crippen LogP contribution in [0.2, 0.25) is 0 Å². The summed E-state index contributed by atoms with van der Waals surface area (Å²) in [6.07, 6.45) is 9.13. The van der Waals surface area contributed by atoms with E-state index in [1.54, 1.807) is 0 Å². The predicted octanol–water partition coefficient (Wildman–Crippen LogP) is 9.79.